The van der Waals surface area contributed by atoms with Gasteiger partial charge in [-0.1, -0.05) is 37.3 Å². The van der Waals surface area contributed by atoms with E-state index in [1.54, 1.807) is 12.1 Å². The number of aryl methyl sites for hydroxylation is 1. The minimum absolute atomic E-state index is 0.217. The van der Waals surface area contributed by atoms with Gasteiger partial charge in [0.15, 0.2) is 0 Å². The van der Waals surface area contributed by atoms with Gasteiger partial charge < -0.3 is 0 Å². The van der Waals surface area contributed by atoms with Gasteiger partial charge in [0, 0.05) is 0 Å². The van der Waals surface area contributed by atoms with E-state index in [1.807, 2.05) is 19.1 Å². The van der Waals surface area contributed by atoms with Crippen LogP contribution in [0, 0.1) is 5.82 Å². The molecule has 0 saturated heterocycles. The fourth-order valence-electron chi connectivity index (χ4n) is 2.03. The van der Waals surface area contributed by atoms with Crippen LogP contribution in [-0.2, 0) is 12.6 Å². The average molecular weight is 317 g/mol. The zero-order valence-corrected chi connectivity index (χ0v) is 12.0. The molecule has 0 aliphatic rings. The van der Waals surface area contributed by atoms with Gasteiger partial charge in [-0.05, 0) is 35.2 Å². The zero-order chi connectivity index (χ0) is 15.6. The minimum Gasteiger partial charge on any atom is -0.206 e. The number of rotatable bonds is 3. The summed E-state index contributed by atoms with van der Waals surface area (Å²) in [6.45, 7) is 2.00. The second kappa shape index (κ2) is 6.06. The molecule has 21 heavy (non-hydrogen) atoms. The molecule has 2 rings (SSSR count). The molecule has 0 aliphatic carbocycles. The predicted octanol–water partition coefficient (Wildman–Crippen LogP) is 5.74. The summed E-state index contributed by atoms with van der Waals surface area (Å²) >= 11 is 6.21. The Morgan fingerprint density at radius 2 is 1.57 bits per heavy atom. The van der Waals surface area contributed by atoms with Gasteiger partial charge in [-0.25, -0.2) is 4.39 Å². The molecular weight excluding hydrogens is 304 g/mol. The van der Waals surface area contributed by atoms with Crippen molar-refractivity contribution >= 4 is 11.6 Å². The maximum atomic E-state index is 13.3. The van der Waals surface area contributed by atoms with Crippen LogP contribution >= 0.6 is 11.6 Å². The smallest absolute Gasteiger partial charge is 0.206 e. The van der Waals surface area contributed by atoms with Crippen LogP contribution in [0.1, 0.15) is 34.6 Å². The van der Waals surface area contributed by atoms with Crippen LogP contribution < -0.4 is 0 Å². The van der Waals surface area contributed by atoms with Crippen LogP contribution in [-0.4, -0.2) is 0 Å². The van der Waals surface area contributed by atoms with E-state index in [1.165, 1.54) is 6.07 Å². The van der Waals surface area contributed by atoms with Crippen molar-refractivity contribution in [3.05, 3.63) is 70.5 Å². The highest BCUT2D eigenvalue weighted by atomic mass is 35.5. The molecule has 5 heteroatoms. The van der Waals surface area contributed by atoms with E-state index >= 15 is 0 Å². The summed E-state index contributed by atoms with van der Waals surface area (Å²) in [5.41, 5.74) is 0.705. The first kappa shape index (κ1) is 15.8. The average Bonchev–Trinajstić information content (AvgIpc) is 2.46. The molecule has 0 aromatic heterocycles. The van der Waals surface area contributed by atoms with E-state index < -0.39 is 22.9 Å². The minimum atomic E-state index is -4.73. The summed E-state index contributed by atoms with van der Waals surface area (Å²) in [5, 5.41) is -0.752. The highest BCUT2D eigenvalue weighted by Gasteiger charge is 2.34. The molecule has 0 aliphatic heterocycles. The molecule has 0 heterocycles. The van der Waals surface area contributed by atoms with Gasteiger partial charge in [-0.2, -0.15) is 13.2 Å². The number of hydrogen-bond donors (Lipinski definition) is 0. The lowest BCUT2D eigenvalue weighted by Crippen LogP contribution is -2.09. The number of halogens is 5. The molecule has 0 bridgehead atoms. The largest absolute Gasteiger partial charge is 0.419 e. The molecule has 0 spiro atoms. The van der Waals surface area contributed by atoms with Crippen LogP contribution in [0.25, 0.3) is 0 Å². The maximum absolute atomic E-state index is 13.3. The molecule has 0 amide bonds. The lowest BCUT2D eigenvalue weighted by atomic mass is 10.0. The Balaban J connectivity index is 2.36. The second-order valence-corrected chi connectivity index (χ2v) is 5.13. The van der Waals surface area contributed by atoms with Gasteiger partial charge >= 0.3 is 6.18 Å². The van der Waals surface area contributed by atoms with Crippen LogP contribution in [0.3, 0.4) is 0 Å². The molecule has 0 N–H and O–H groups in total. The van der Waals surface area contributed by atoms with E-state index in [-0.39, 0.29) is 5.56 Å². The van der Waals surface area contributed by atoms with Crippen molar-refractivity contribution in [2.24, 2.45) is 0 Å². The third-order valence-electron chi connectivity index (χ3n) is 3.27. The van der Waals surface area contributed by atoms with E-state index in [2.05, 4.69) is 0 Å². The molecule has 2 aromatic carbocycles. The van der Waals surface area contributed by atoms with Crippen LogP contribution in [0.5, 0.6) is 0 Å². The van der Waals surface area contributed by atoms with E-state index in [0.29, 0.717) is 5.56 Å². The van der Waals surface area contributed by atoms with Crippen molar-refractivity contribution in [3.63, 3.8) is 0 Å². The van der Waals surface area contributed by atoms with E-state index in [0.717, 1.165) is 24.1 Å². The van der Waals surface area contributed by atoms with Crippen LogP contribution in [0.15, 0.2) is 42.5 Å². The molecular formula is C16H13ClF4. The van der Waals surface area contributed by atoms with Crippen molar-refractivity contribution in [1.82, 2.24) is 0 Å². The zero-order valence-electron chi connectivity index (χ0n) is 11.2. The third-order valence-corrected chi connectivity index (χ3v) is 3.77. The Labute approximate surface area is 125 Å². The lowest BCUT2D eigenvalue weighted by Gasteiger charge is -2.14. The van der Waals surface area contributed by atoms with Gasteiger partial charge in [0.05, 0.1) is 10.9 Å². The topological polar surface area (TPSA) is 0 Å². The normalized spacial score (nSPS) is 13.2. The van der Waals surface area contributed by atoms with Gasteiger partial charge in [0.2, 0.25) is 0 Å². The summed E-state index contributed by atoms with van der Waals surface area (Å²) in [4.78, 5) is 0. The number of benzene rings is 2. The Morgan fingerprint density at radius 3 is 2.10 bits per heavy atom. The van der Waals surface area contributed by atoms with Gasteiger partial charge in [-0.3, -0.25) is 0 Å². The molecule has 0 radical (unpaired) electrons. The summed E-state index contributed by atoms with van der Waals surface area (Å²) < 4.78 is 51.4. The van der Waals surface area contributed by atoms with Gasteiger partial charge in [-0.15, -0.1) is 11.6 Å². The first-order valence-corrected chi connectivity index (χ1v) is 6.86. The van der Waals surface area contributed by atoms with E-state index in [9.17, 15) is 17.6 Å². The molecule has 112 valence electrons. The van der Waals surface area contributed by atoms with Crippen molar-refractivity contribution in [2.75, 3.05) is 0 Å². The molecule has 2 aromatic rings. The van der Waals surface area contributed by atoms with Crippen LogP contribution in [0.2, 0.25) is 0 Å². The maximum Gasteiger partial charge on any atom is 0.419 e. The van der Waals surface area contributed by atoms with Crippen molar-refractivity contribution in [2.45, 2.75) is 24.9 Å². The summed E-state index contributed by atoms with van der Waals surface area (Å²) in [6.07, 6.45) is -3.87. The van der Waals surface area contributed by atoms with Crippen molar-refractivity contribution < 1.29 is 17.6 Å². The fraction of sp³-hybridized carbons (Fsp3) is 0.250. The summed E-state index contributed by atoms with van der Waals surface area (Å²) in [6, 6.07) is 10.1. The summed E-state index contributed by atoms with van der Waals surface area (Å²) in [5.74, 6) is -1.29. The molecule has 1 atom stereocenters. The monoisotopic (exact) mass is 316 g/mol. The van der Waals surface area contributed by atoms with Crippen LogP contribution in [0.4, 0.5) is 17.6 Å². The molecule has 0 nitrogen and oxygen atoms in total. The van der Waals surface area contributed by atoms with Gasteiger partial charge in [0.1, 0.15) is 5.82 Å². The fourth-order valence-corrected chi connectivity index (χ4v) is 2.31. The quantitative estimate of drug-likeness (QED) is 0.500. The van der Waals surface area contributed by atoms with Gasteiger partial charge in [0.25, 0.3) is 0 Å². The first-order valence-electron chi connectivity index (χ1n) is 6.42. The highest BCUT2D eigenvalue weighted by molar-refractivity contribution is 6.22. The molecule has 0 fully saturated rings. The van der Waals surface area contributed by atoms with Crippen molar-refractivity contribution in [1.29, 1.82) is 0 Å². The highest BCUT2D eigenvalue weighted by Crippen LogP contribution is 2.36. The molecule has 0 saturated carbocycles. The summed E-state index contributed by atoms with van der Waals surface area (Å²) in [7, 11) is 0. The first-order chi connectivity index (χ1) is 9.82. The number of alkyl halides is 4. The third kappa shape index (κ3) is 3.56. The standard InChI is InChI=1S/C16H13ClF4/c1-2-10-3-5-11(6-4-10)15(17)12-7-8-14(18)13(9-12)16(19,20)21/h3-9,15H,2H2,1H3. The Morgan fingerprint density at radius 1 is 1.00 bits per heavy atom. The Kier molecular flexibility index (Phi) is 4.57. The second-order valence-electron chi connectivity index (χ2n) is 4.69. The van der Waals surface area contributed by atoms with Crippen molar-refractivity contribution in [3.8, 4) is 0 Å². The SMILES string of the molecule is CCc1ccc(C(Cl)c2ccc(F)c(C(F)(F)F)c2)cc1. The Bertz CT molecular complexity index is 617. The number of hydrogen-bond acceptors (Lipinski definition) is 0. The molecule has 1 unspecified atom stereocenters. The van der Waals surface area contributed by atoms with E-state index in [4.69, 9.17) is 11.6 Å². The lowest BCUT2D eigenvalue weighted by molar-refractivity contribution is -0.140. The predicted molar refractivity (Wildman–Crippen MR) is 74.9 cm³/mol. The Hall–Kier alpha value is -1.55.